The number of hydrogen-bond acceptors (Lipinski definition) is 6. The van der Waals surface area contributed by atoms with Gasteiger partial charge in [0.15, 0.2) is 11.5 Å². The van der Waals surface area contributed by atoms with Crippen molar-refractivity contribution in [3.05, 3.63) is 59.2 Å². The monoisotopic (exact) mass is 452 g/mol. The number of aromatic hydroxyl groups is 1. The molecule has 0 saturated heterocycles. The van der Waals surface area contributed by atoms with Gasteiger partial charge in [0, 0.05) is 5.56 Å². The fraction of sp³-hybridized carbons (Fsp3) is 0.370. The molecule has 3 rings (SSSR count). The number of rotatable bonds is 11. The first kappa shape index (κ1) is 24.2. The summed E-state index contributed by atoms with van der Waals surface area (Å²) >= 11 is 0. The molecule has 0 amide bonds. The first-order valence-corrected chi connectivity index (χ1v) is 11.2. The summed E-state index contributed by atoms with van der Waals surface area (Å²) in [6.45, 7) is 2.55. The van der Waals surface area contributed by atoms with Crippen LogP contribution in [0.15, 0.2) is 42.5 Å². The topological polar surface area (TPSA) is 74.2 Å². The van der Waals surface area contributed by atoms with Crippen molar-refractivity contribution < 1.29 is 28.8 Å². The lowest BCUT2D eigenvalue weighted by Gasteiger charge is -2.15. The van der Waals surface area contributed by atoms with Crippen LogP contribution >= 0.6 is 0 Å². The predicted octanol–water partition coefficient (Wildman–Crippen LogP) is 5.70. The van der Waals surface area contributed by atoms with E-state index < -0.39 is 5.97 Å². The van der Waals surface area contributed by atoms with E-state index in [1.165, 1.54) is 12.7 Å². The molecule has 0 spiro atoms. The molecule has 0 fully saturated rings. The molecule has 0 aromatic heterocycles. The third kappa shape index (κ3) is 5.69. The van der Waals surface area contributed by atoms with Crippen LogP contribution in [0.2, 0.25) is 0 Å². The Morgan fingerprint density at radius 3 is 2.24 bits per heavy atom. The molecule has 176 valence electrons. The van der Waals surface area contributed by atoms with Crippen molar-refractivity contribution in [3.8, 4) is 23.0 Å². The van der Waals surface area contributed by atoms with E-state index in [0.717, 1.165) is 48.0 Å². The maximum absolute atomic E-state index is 11.8. The highest BCUT2D eigenvalue weighted by Gasteiger charge is 2.18. The lowest BCUT2D eigenvalue weighted by molar-refractivity contribution is 0.0597. The molecule has 0 aliphatic rings. The number of methoxy groups -OCH3 is 3. The number of phenolic OH excluding ortho intramolecular Hbond substituents is 1. The van der Waals surface area contributed by atoms with E-state index in [4.69, 9.17) is 18.9 Å². The lowest BCUT2D eigenvalue weighted by Crippen LogP contribution is -2.06. The molecular formula is C27H32O6. The van der Waals surface area contributed by atoms with Crippen molar-refractivity contribution in [2.24, 2.45) is 0 Å². The zero-order valence-electron chi connectivity index (χ0n) is 19.8. The first-order chi connectivity index (χ1) is 16.0. The Bertz CT molecular complexity index is 1110. The van der Waals surface area contributed by atoms with Crippen LogP contribution in [0.1, 0.15) is 47.7 Å². The summed E-state index contributed by atoms with van der Waals surface area (Å²) in [4.78, 5) is 11.8. The largest absolute Gasteiger partial charge is 0.507 e. The third-order valence-electron chi connectivity index (χ3n) is 5.67. The van der Waals surface area contributed by atoms with Crippen LogP contribution in [0.25, 0.3) is 10.8 Å². The number of phenols is 1. The van der Waals surface area contributed by atoms with Gasteiger partial charge in [-0.2, -0.15) is 0 Å². The molecular weight excluding hydrogens is 420 g/mol. The Kier molecular flexibility index (Phi) is 8.41. The van der Waals surface area contributed by atoms with Gasteiger partial charge in [-0.15, -0.1) is 0 Å². The van der Waals surface area contributed by atoms with Gasteiger partial charge in [-0.3, -0.25) is 0 Å². The van der Waals surface area contributed by atoms with E-state index >= 15 is 0 Å². The van der Waals surface area contributed by atoms with Crippen molar-refractivity contribution in [1.82, 2.24) is 0 Å². The van der Waals surface area contributed by atoms with Crippen LogP contribution in [0.3, 0.4) is 0 Å². The molecule has 1 N–H and O–H groups in total. The number of esters is 1. The van der Waals surface area contributed by atoms with Gasteiger partial charge in [-0.1, -0.05) is 31.5 Å². The lowest BCUT2D eigenvalue weighted by atomic mass is 10.0. The second-order valence-corrected chi connectivity index (χ2v) is 7.87. The van der Waals surface area contributed by atoms with Crippen LogP contribution in [-0.2, 0) is 17.6 Å². The highest BCUT2D eigenvalue weighted by atomic mass is 16.5. The van der Waals surface area contributed by atoms with E-state index in [0.29, 0.717) is 24.3 Å². The van der Waals surface area contributed by atoms with E-state index in [9.17, 15) is 9.90 Å². The Morgan fingerprint density at radius 2 is 1.58 bits per heavy atom. The Labute approximate surface area is 195 Å². The molecule has 0 radical (unpaired) electrons. The molecule has 0 heterocycles. The van der Waals surface area contributed by atoms with Gasteiger partial charge in [0.2, 0.25) is 0 Å². The van der Waals surface area contributed by atoms with Crippen molar-refractivity contribution in [3.63, 3.8) is 0 Å². The summed E-state index contributed by atoms with van der Waals surface area (Å²) in [5, 5.41) is 12.7. The minimum atomic E-state index is -0.553. The number of unbranched alkanes of at least 4 members (excludes halogenated alkanes) is 1. The van der Waals surface area contributed by atoms with Gasteiger partial charge >= 0.3 is 5.97 Å². The number of carbonyl (C=O) groups is 1. The van der Waals surface area contributed by atoms with E-state index in [1.54, 1.807) is 26.4 Å². The summed E-state index contributed by atoms with van der Waals surface area (Å²) in [6, 6.07) is 13.7. The highest BCUT2D eigenvalue weighted by Crippen LogP contribution is 2.34. The maximum Gasteiger partial charge on any atom is 0.341 e. The average molecular weight is 453 g/mol. The van der Waals surface area contributed by atoms with E-state index in [1.807, 2.05) is 19.1 Å². The predicted molar refractivity (Wildman–Crippen MR) is 129 cm³/mol. The van der Waals surface area contributed by atoms with Crippen LogP contribution < -0.4 is 14.2 Å². The van der Waals surface area contributed by atoms with Crippen LogP contribution in [0.4, 0.5) is 0 Å². The molecule has 3 aromatic carbocycles. The van der Waals surface area contributed by atoms with E-state index in [-0.39, 0.29) is 11.3 Å². The first-order valence-electron chi connectivity index (χ1n) is 11.2. The Balaban J connectivity index is 1.59. The van der Waals surface area contributed by atoms with Crippen molar-refractivity contribution in [1.29, 1.82) is 0 Å². The third-order valence-corrected chi connectivity index (χ3v) is 5.67. The molecule has 0 aliphatic heterocycles. The second kappa shape index (κ2) is 11.5. The van der Waals surface area contributed by atoms with Crippen molar-refractivity contribution in [2.45, 2.75) is 39.0 Å². The van der Waals surface area contributed by atoms with Crippen molar-refractivity contribution >= 4 is 16.7 Å². The zero-order valence-corrected chi connectivity index (χ0v) is 19.8. The SMILES string of the molecule is CCCc1c(OCCCCc2ccc3cc(OC)c(OC)cc3c2)ccc(C(=O)OC)c1O. The maximum atomic E-state index is 11.8. The molecule has 0 atom stereocenters. The second-order valence-electron chi connectivity index (χ2n) is 7.87. The number of ether oxygens (including phenoxy) is 4. The molecule has 6 heteroatoms. The van der Waals surface area contributed by atoms with Gasteiger partial charge < -0.3 is 24.1 Å². The molecule has 33 heavy (non-hydrogen) atoms. The highest BCUT2D eigenvalue weighted by molar-refractivity contribution is 5.93. The van der Waals surface area contributed by atoms with Crippen LogP contribution in [0.5, 0.6) is 23.0 Å². The Morgan fingerprint density at radius 1 is 0.848 bits per heavy atom. The van der Waals surface area contributed by atoms with Crippen LogP contribution in [0, 0.1) is 0 Å². The minimum Gasteiger partial charge on any atom is -0.507 e. The number of benzene rings is 3. The molecule has 0 bridgehead atoms. The summed E-state index contributed by atoms with van der Waals surface area (Å²) < 4.78 is 21.5. The normalized spacial score (nSPS) is 10.8. The van der Waals surface area contributed by atoms with Crippen molar-refractivity contribution in [2.75, 3.05) is 27.9 Å². The minimum absolute atomic E-state index is 0.0515. The van der Waals surface area contributed by atoms with Gasteiger partial charge in [0.1, 0.15) is 17.1 Å². The van der Waals surface area contributed by atoms with Crippen LogP contribution in [-0.4, -0.2) is 39.0 Å². The van der Waals surface area contributed by atoms with Gasteiger partial charge in [0.25, 0.3) is 0 Å². The summed E-state index contributed by atoms with van der Waals surface area (Å²) in [5.41, 5.74) is 2.07. The average Bonchev–Trinajstić information content (AvgIpc) is 2.84. The fourth-order valence-corrected chi connectivity index (χ4v) is 3.91. The summed E-state index contributed by atoms with van der Waals surface area (Å²) in [7, 11) is 4.58. The smallest absolute Gasteiger partial charge is 0.341 e. The molecule has 3 aromatic rings. The standard InChI is InChI=1S/C27H32O6/c1-5-8-21-23(13-12-22(26(21)28)27(29)32-4)33-14-7-6-9-18-10-11-19-16-24(30-2)25(31-3)17-20(19)15-18/h10-13,15-17,28H,5-9,14H2,1-4H3. The van der Waals surface area contributed by atoms with E-state index in [2.05, 4.69) is 18.2 Å². The molecule has 0 aliphatic carbocycles. The molecule has 0 unspecified atom stereocenters. The van der Waals surface area contributed by atoms with Gasteiger partial charge in [-0.25, -0.2) is 4.79 Å². The summed E-state index contributed by atoms with van der Waals surface area (Å²) in [6.07, 6.45) is 4.22. The fourth-order valence-electron chi connectivity index (χ4n) is 3.91. The van der Waals surface area contributed by atoms with Gasteiger partial charge in [0.05, 0.1) is 27.9 Å². The molecule has 6 nitrogen and oxygen atoms in total. The number of aryl methyl sites for hydroxylation is 1. The number of hydrogen-bond donors (Lipinski definition) is 1. The molecule has 0 saturated carbocycles. The summed E-state index contributed by atoms with van der Waals surface area (Å²) in [5.74, 6) is 1.46. The zero-order chi connectivity index (χ0) is 23.8. The number of carbonyl (C=O) groups excluding carboxylic acids is 1. The number of fused-ring (bicyclic) bond motifs is 1. The van der Waals surface area contributed by atoms with Gasteiger partial charge in [-0.05, 0) is 66.3 Å². The quantitative estimate of drug-likeness (QED) is 0.297. The Hall–Kier alpha value is -3.41.